The molecular formula is C18H24ClN3O2S. The zero-order valence-corrected chi connectivity index (χ0v) is 15.9. The summed E-state index contributed by atoms with van der Waals surface area (Å²) in [6.45, 7) is 3.82. The van der Waals surface area contributed by atoms with Crippen molar-refractivity contribution in [1.29, 1.82) is 0 Å². The largest absolute Gasteiger partial charge is 0.465 e. The summed E-state index contributed by atoms with van der Waals surface area (Å²) in [5, 5.41) is 0.564. The van der Waals surface area contributed by atoms with E-state index < -0.39 is 5.54 Å². The lowest BCUT2D eigenvalue weighted by Gasteiger charge is -2.36. The molecule has 0 radical (unpaired) electrons. The van der Waals surface area contributed by atoms with Gasteiger partial charge in [-0.15, -0.1) is 23.7 Å². The third-order valence-electron chi connectivity index (χ3n) is 4.54. The predicted octanol–water partition coefficient (Wildman–Crippen LogP) is 3.29. The maximum Gasteiger partial charge on any atom is 0.326 e. The van der Waals surface area contributed by atoms with Crippen LogP contribution in [0.15, 0.2) is 36.5 Å². The van der Waals surface area contributed by atoms with E-state index in [1.807, 2.05) is 25.1 Å². The number of nitrogens with two attached hydrogens (primary N) is 1. The van der Waals surface area contributed by atoms with Crippen LogP contribution < -0.4 is 5.73 Å². The molecule has 0 bridgehead atoms. The maximum atomic E-state index is 12.9. The van der Waals surface area contributed by atoms with E-state index in [0.717, 1.165) is 29.8 Å². The highest BCUT2D eigenvalue weighted by Gasteiger charge is 2.48. The van der Waals surface area contributed by atoms with Gasteiger partial charge in [0.05, 0.1) is 6.61 Å². The third kappa shape index (κ3) is 4.32. The lowest BCUT2D eigenvalue weighted by molar-refractivity contribution is -0.156. The number of carbonyl (C=O) groups is 1. The first-order chi connectivity index (χ1) is 11.6. The Balaban J connectivity index is 0.00000225. The lowest BCUT2D eigenvalue weighted by atomic mass is 9.88. The van der Waals surface area contributed by atoms with Gasteiger partial charge in [-0.3, -0.25) is 9.69 Å². The van der Waals surface area contributed by atoms with Crippen LogP contribution in [-0.2, 0) is 22.5 Å². The number of hydrogen-bond acceptors (Lipinski definition) is 6. The van der Waals surface area contributed by atoms with Gasteiger partial charge in [-0.2, -0.15) is 0 Å². The number of nitrogen functional groups attached to an aromatic ring is 1. The number of thiazole rings is 1. The van der Waals surface area contributed by atoms with Gasteiger partial charge in [-0.25, -0.2) is 4.98 Å². The number of benzene rings is 1. The van der Waals surface area contributed by atoms with Crippen LogP contribution in [0.4, 0.5) is 5.13 Å². The van der Waals surface area contributed by atoms with Gasteiger partial charge in [-0.1, -0.05) is 30.3 Å². The van der Waals surface area contributed by atoms with Crippen molar-refractivity contribution in [3.63, 3.8) is 0 Å². The number of hydrogen-bond donors (Lipinski definition) is 1. The first-order valence-electron chi connectivity index (χ1n) is 8.30. The summed E-state index contributed by atoms with van der Waals surface area (Å²) in [6, 6.07) is 10.2. The average Bonchev–Trinajstić information content (AvgIpc) is 3.16. The molecule has 1 aliphatic rings. The Morgan fingerprint density at radius 1 is 1.40 bits per heavy atom. The SMILES string of the molecule is CCOC(=O)C1(Cc2ccccc2)CCCN1Cc1cnc(N)s1.Cl. The van der Waals surface area contributed by atoms with E-state index >= 15 is 0 Å². The van der Waals surface area contributed by atoms with Crippen LogP contribution >= 0.6 is 23.7 Å². The second-order valence-corrected chi connectivity index (χ2v) is 7.25. The molecular weight excluding hydrogens is 358 g/mol. The topological polar surface area (TPSA) is 68.5 Å². The molecule has 2 aromatic rings. The van der Waals surface area contributed by atoms with Crippen molar-refractivity contribution in [3.8, 4) is 0 Å². The molecule has 2 heterocycles. The van der Waals surface area contributed by atoms with Crippen LogP contribution in [0.1, 0.15) is 30.2 Å². The van der Waals surface area contributed by atoms with E-state index in [1.54, 1.807) is 6.20 Å². The van der Waals surface area contributed by atoms with Gasteiger partial charge in [0.2, 0.25) is 0 Å². The van der Waals surface area contributed by atoms with Crippen LogP contribution in [0.3, 0.4) is 0 Å². The van der Waals surface area contributed by atoms with Crippen molar-refractivity contribution < 1.29 is 9.53 Å². The van der Waals surface area contributed by atoms with Crippen LogP contribution in [0.2, 0.25) is 0 Å². The molecule has 1 aliphatic heterocycles. The molecule has 1 unspecified atom stereocenters. The molecule has 7 heteroatoms. The molecule has 1 atom stereocenters. The molecule has 1 aromatic heterocycles. The molecule has 5 nitrogen and oxygen atoms in total. The van der Waals surface area contributed by atoms with E-state index in [1.165, 1.54) is 11.3 Å². The predicted molar refractivity (Wildman–Crippen MR) is 103 cm³/mol. The Hall–Kier alpha value is -1.63. The van der Waals surface area contributed by atoms with Crippen LogP contribution in [0.25, 0.3) is 0 Å². The number of anilines is 1. The van der Waals surface area contributed by atoms with Crippen molar-refractivity contribution in [2.75, 3.05) is 18.9 Å². The van der Waals surface area contributed by atoms with Gasteiger partial charge >= 0.3 is 5.97 Å². The fourth-order valence-electron chi connectivity index (χ4n) is 3.45. The average molecular weight is 382 g/mol. The summed E-state index contributed by atoms with van der Waals surface area (Å²) >= 11 is 1.48. The summed E-state index contributed by atoms with van der Waals surface area (Å²) in [4.78, 5) is 20.3. The minimum atomic E-state index is -0.601. The minimum absolute atomic E-state index is 0. The van der Waals surface area contributed by atoms with Crippen LogP contribution in [-0.4, -0.2) is 34.5 Å². The summed E-state index contributed by atoms with van der Waals surface area (Å²) in [5.74, 6) is -0.121. The number of aromatic nitrogens is 1. The monoisotopic (exact) mass is 381 g/mol. The highest BCUT2D eigenvalue weighted by atomic mass is 35.5. The van der Waals surface area contributed by atoms with Crippen molar-refractivity contribution in [3.05, 3.63) is 47.0 Å². The van der Waals surface area contributed by atoms with Crippen LogP contribution in [0.5, 0.6) is 0 Å². The Labute approximate surface area is 158 Å². The zero-order chi connectivity index (χ0) is 17.0. The Bertz CT molecular complexity index is 695. The molecule has 3 rings (SSSR count). The van der Waals surface area contributed by atoms with Crippen molar-refractivity contribution in [2.24, 2.45) is 0 Å². The standard InChI is InChI=1S/C18H23N3O2S.ClH/c1-2-23-16(22)18(11-14-7-4-3-5-8-14)9-6-10-21(18)13-15-12-20-17(19)24-15;/h3-5,7-8,12H,2,6,9-11,13H2,1H3,(H2,19,20);1H. The molecule has 0 saturated carbocycles. The van der Waals surface area contributed by atoms with E-state index in [0.29, 0.717) is 24.7 Å². The molecule has 1 saturated heterocycles. The van der Waals surface area contributed by atoms with Gasteiger partial charge in [0, 0.05) is 24.0 Å². The number of esters is 1. The Morgan fingerprint density at radius 2 is 2.16 bits per heavy atom. The third-order valence-corrected chi connectivity index (χ3v) is 5.35. The van der Waals surface area contributed by atoms with E-state index in [-0.39, 0.29) is 18.4 Å². The smallest absolute Gasteiger partial charge is 0.326 e. The number of ether oxygens (including phenoxy) is 1. The van der Waals surface area contributed by atoms with Crippen molar-refractivity contribution >= 4 is 34.8 Å². The van der Waals surface area contributed by atoms with Gasteiger partial charge < -0.3 is 10.5 Å². The van der Waals surface area contributed by atoms with Crippen molar-refractivity contribution in [1.82, 2.24) is 9.88 Å². The molecule has 1 aromatic carbocycles. The summed E-state index contributed by atoms with van der Waals surface area (Å²) < 4.78 is 5.46. The van der Waals surface area contributed by atoms with Gasteiger partial charge in [0.15, 0.2) is 5.13 Å². The number of rotatable bonds is 6. The Morgan fingerprint density at radius 3 is 2.80 bits per heavy atom. The molecule has 0 aliphatic carbocycles. The van der Waals surface area contributed by atoms with Crippen molar-refractivity contribution in [2.45, 2.75) is 38.3 Å². The summed E-state index contributed by atoms with van der Waals surface area (Å²) in [5.41, 5.74) is 6.30. The van der Waals surface area contributed by atoms with Gasteiger partial charge in [0.1, 0.15) is 5.54 Å². The summed E-state index contributed by atoms with van der Waals surface area (Å²) in [7, 11) is 0. The fraction of sp³-hybridized carbons (Fsp3) is 0.444. The molecule has 2 N–H and O–H groups in total. The zero-order valence-electron chi connectivity index (χ0n) is 14.3. The molecule has 1 fully saturated rings. The molecule has 0 spiro atoms. The van der Waals surface area contributed by atoms with Crippen LogP contribution in [0, 0.1) is 0 Å². The molecule has 25 heavy (non-hydrogen) atoms. The number of nitrogens with zero attached hydrogens (tertiary/aromatic N) is 2. The van der Waals surface area contributed by atoms with E-state index in [2.05, 4.69) is 22.0 Å². The number of carbonyl (C=O) groups excluding carboxylic acids is 1. The lowest BCUT2D eigenvalue weighted by Crippen LogP contribution is -2.52. The highest BCUT2D eigenvalue weighted by molar-refractivity contribution is 7.15. The first-order valence-corrected chi connectivity index (χ1v) is 9.12. The van der Waals surface area contributed by atoms with Gasteiger partial charge in [-0.05, 0) is 31.9 Å². The quantitative estimate of drug-likeness (QED) is 0.777. The Kier molecular flexibility index (Phi) is 6.81. The fourth-order valence-corrected chi connectivity index (χ4v) is 4.15. The maximum absolute atomic E-state index is 12.9. The number of likely N-dealkylation sites (tertiary alicyclic amines) is 1. The minimum Gasteiger partial charge on any atom is -0.465 e. The molecule has 136 valence electrons. The second kappa shape index (κ2) is 8.65. The first kappa shape index (κ1) is 19.7. The van der Waals surface area contributed by atoms with E-state index in [4.69, 9.17) is 10.5 Å². The highest BCUT2D eigenvalue weighted by Crippen LogP contribution is 2.36. The molecule has 0 amide bonds. The number of halogens is 1. The van der Waals surface area contributed by atoms with Gasteiger partial charge in [0.25, 0.3) is 0 Å². The van der Waals surface area contributed by atoms with E-state index in [9.17, 15) is 4.79 Å². The summed E-state index contributed by atoms with van der Waals surface area (Å²) in [6.07, 6.45) is 4.27. The normalized spacial score (nSPS) is 20.2. The second-order valence-electron chi connectivity index (χ2n) is 6.10.